The number of rotatable bonds is 6. The molecule has 1 aromatic carbocycles. The highest BCUT2D eigenvalue weighted by atomic mass is 16.6. The van der Waals surface area contributed by atoms with Gasteiger partial charge >= 0.3 is 5.69 Å². The van der Waals surface area contributed by atoms with Gasteiger partial charge in [-0.1, -0.05) is 19.9 Å². The molecule has 0 radical (unpaired) electrons. The van der Waals surface area contributed by atoms with Gasteiger partial charge in [0.15, 0.2) is 5.75 Å². The molecule has 6 nitrogen and oxygen atoms in total. The lowest BCUT2D eigenvalue weighted by atomic mass is 9.88. The molecule has 0 aliphatic rings. The van der Waals surface area contributed by atoms with Gasteiger partial charge in [-0.2, -0.15) is 0 Å². The fourth-order valence-corrected chi connectivity index (χ4v) is 1.44. The molecule has 0 heterocycles. The highest BCUT2D eigenvalue weighted by Crippen LogP contribution is 2.29. The largest absolute Gasteiger partial charge is 0.487 e. The Morgan fingerprint density at radius 1 is 1.53 bits per heavy atom. The van der Waals surface area contributed by atoms with Crippen molar-refractivity contribution in [2.24, 2.45) is 11.1 Å². The van der Waals surface area contributed by atoms with E-state index in [1.165, 1.54) is 6.07 Å². The first-order valence-electron chi connectivity index (χ1n) is 5.96. The number of benzene rings is 1. The summed E-state index contributed by atoms with van der Waals surface area (Å²) in [6.07, 6.45) is 0.521. The van der Waals surface area contributed by atoms with Crippen LogP contribution < -0.4 is 10.5 Å². The molecule has 0 spiro atoms. The van der Waals surface area contributed by atoms with Crippen molar-refractivity contribution in [1.29, 1.82) is 5.41 Å². The Balaban J connectivity index is 2.74. The number of hydrogen-bond acceptors (Lipinski definition) is 4. The summed E-state index contributed by atoms with van der Waals surface area (Å²) in [4.78, 5) is 10.5. The molecule has 0 aromatic heterocycles. The van der Waals surface area contributed by atoms with Gasteiger partial charge in [0.25, 0.3) is 0 Å². The van der Waals surface area contributed by atoms with Crippen LogP contribution in [0.15, 0.2) is 18.2 Å². The highest BCUT2D eigenvalue weighted by Gasteiger charge is 2.22. The number of nitro benzene ring substituents is 1. The molecule has 1 rings (SSSR count). The Morgan fingerprint density at radius 2 is 2.16 bits per heavy atom. The summed E-state index contributed by atoms with van der Waals surface area (Å²) in [5.41, 5.74) is 5.76. The first-order valence-corrected chi connectivity index (χ1v) is 5.96. The minimum absolute atomic E-state index is 0.0411. The smallest absolute Gasteiger partial charge is 0.311 e. The average Bonchev–Trinajstić information content (AvgIpc) is 2.30. The zero-order valence-electron chi connectivity index (χ0n) is 11.4. The molecule has 6 heteroatoms. The quantitative estimate of drug-likeness (QED) is 0.357. The van der Waals surface area contributed by atoms with Crippen molar-refractivity contribution in [3.8, 4) is 5.75 Å². The molecule has 19 heavy (non-hydrogen) atoms. The Kier molecular flexibility index (Phi) is 4.47. The van der Waals surface area contributed by atoms with E-state index in [-0.39, 0.29) is 23.9 Å². The first kappa shape index (κ1) is 14.9. The number of hydrogen-bond donors (Lipinski definition) is 2. The van der Waals surface area contributed by atoms with E-state index in [1.807, 2.05) is 13.8 Å². The minimum Gasteiger partial charge on any atom is -0.487 e. The van der Waals surface area contributed by atoms with Crippen LogP contribution in [0.4, 0.5) is 5.69 Å². The van der Waals surface area contributed by atoms with Crippen LogP contribution in [-0.4, -0.2) is 17.4 Å². The monoisotopic (exact) mass is 265 g/mol. The first-order chi connectivity index (χ1) is 8.74. The fraction of sp³-hybridized carbons (Fsp3) is 0.462. The number of ether oxygens (including phenoxy) is 1. The number of nitrogens with one attached hydrogen (secondary N) is 1. The molecule has 0 saturated heterocycles. The maximum Gasteiger partial charge on any atom is 0.311 e. The lowest BCUT2D eigenvalue weighted by molar-refractivity contribution is -0.385. The summed E-state index contributed by atoms with van der Waals surface area (Å²) >= 11 is 0. The molecule has 0 saturated carbocycles. The molecule has 0 aliphatic heterocycles. The van der Waals surface area contributed by atoms with Gasteiger partial charge in [0.2, 0.25) is 0 Å². The number of nitrogens with two attached hydrogens (primary N) is 1. The van der Waals surface area contributed by atoms with E-state index >= 15 is 0 Å². The average molecular weight is 265 g/mol. The van der Waals surface area contributed by atoms with Crippen molar-refractivity contribution < 1.29 is 9.66 Å². The van der Waals surface area contributed by atoms with Crippen LogP contribution >= 0.6 is 0 Å². The molecule has 104 valence electrons. The molecule has 0 atom stereocenters. The molecular formula is C13H19N3O3. The maximum atomic E-state index is 10.9. The van der Waals surface area contributed by atoms with Crippen LogP contribution in [0.25, 0.3) is 0 Å². The Labute approximate surface area is 112 Å². The van der Waals surface area contributed by atoms with Crippen LogP contribution in [0, 0.1) is 27.9 Å². The molecule has 0 fully saturated rings. The van der Waals surface area contributed by atoms with Crippen LogP contribution in [0.1, 0.15) is 25.8 Å². The zero-order valence-corrected chi connectivity index (χ0v) is 11.4. The van der Waals surface area contributed by atoms with E-state index in [4.69, 9.17) is 15.9 Å². The second-order valence-corrected chi connectivity index (χ2v) is 5.12. The predicted octanol–water partition coefficient (Wildman–Crippen LogP) is 2.63. The third kappa shape index (κ3) is 3.94. The van der Waals surface area contributed by atoms with Gasteiger partial charge in [-0.05, 0) is 25.0 Å². The van der Waals surface area contributed by atoms with E-state index in [0.717, 1.165) is 5.56 Å². The Bertz CT molecular complexity index is 498. The van der Waals surface area contributed by atoms with Crippen molar-refractivity contribution in [1.82, 2.24) is 0 Å². The van der Waals surface area contributed by atoms with Gasteiger partial charge < -0.3 is 10.5 Å². The van der Waals surface area contributed by atoms with Gasteiger partial charge in [0, 0.05) is 11.5 Å². The summed E-state index contributed by atoms with van der Waals surface area (Å²) in [5, 5.41) is 18.3. The summed E-state index contributed by atoms with van der Waals surface area (Å²) in [5.74, 6) is 0.324. The summed E-state index contributed by atoms with van der Waals surface area (Å²) < 4.78 is 5.45. The summed E-state index contributed by atoms with van der Waals surface area (Å²) in [7, 11) is 0. The second-order valence-electron chi connectivity index (χ2n) is 5.12. The van der Waals surface area contributed by atoms with Crippen molar-refractivity contribution in [2.75, 3.05) is 6.61 Å². The second kappa shape index (κ2) is 5.69. The van der Waals surface area contributed by atoms with E-state index in [1.54, 1.807) is 19.1 Å². The van der Waals surface area contributed by atoms with Crippen molar-refractivity contribution in [3.63, 3.8) is 0 Å². The molecule has 0 bridgehead atoms. The van der Waals surface area contributed by atoms with Crippen LogP contribution in [0.5, 0.6) is 5.75 Å². The van der Waals surface area contributed by atoms with E-state index < -0.39 is 10.3 Å². The van der Waals surface area contributed by atoms with E-state index in [2.05, 4.69) is 0 Å². The molecule has 1 aromatic rings. The SMILES string of the molecule is Cc1ccc(OCCC(C)(C)C(=N)N)c([N+](=O)[O-])c1. The number of nitrogens with zero attached hydrogens (tertiary/aromatic N) is 1. The normalized spacial score (nSPS) is 11.1. The fourth-order valence-electron chi connectivity index (χ4n) is 1.44. The van der Waals surface area contributed by atoms with Crippen molar-refractivity contribution in [3.05, 3.63) is 33.9 Å². The third-order valence-electron chi connectivity index (χ3n) is 3.02. The van der Waals surface area contributed by atoms with Gasteiger partial charge in [0.1, 0.15) is 0 Å². The predicted molar refractivity (Wildman–Crippen MR) is 73.6 cm³/mol. The summed E-state index contributed by atoms with van der Waals surface area (Å²) in [6.45, 7) is 5.73. The molecular weight excluding hydrogens is 246 g/mol. The number of aryl methyl sites for hydroxylation is 1. The number of nitro groups is 1. The lowest BCUT2D eigenvalue weighted by Gasteiger charge is -2.22. The molecule has 0 amide bonds. The number of amidine groups is 1. The molecule has 0 unspecified atom stereocenters. The van der Waals surface area contributed by atoms with Crippen molar-refractivity contribution in [2.45, 2.75) is 27.2 Å². The van der Waals surface area contributed by atoms with Gasteiger partial charge in [-0.3, -0.25) is 15.5 Å². The maximum absolute atomic E-state index is 10.9. The van der Waals surface area contributed by atoms with Crippen LogP contribution in [0.3, 0.4) is 0 Å². The third-order valence-corrected chi connectivity index (χ3v) is 3.02. The van der Waals surface area contributed by atoms with Crippen LogP contribution in [0.2, 0.25) is 0 Å². The Morgan fingerprint density at radius 3 is 2.68 bits per heavy atom. The standard InChI is InChI=1S/C13H19N3O3/c1-9-4-5-11(10(8-9)16(17)18)19-7-6-13(2,3)12(14)15/h4-5,8H,6-7H2,1-3H3,(H3,14,15). The topological polar surface area (TPSA) is 102 Å². The molecule has 3 N–H and O–H groups in total. The van der Waals surface area contributed by atoms with Crippen LogP contribution in [-0.2, 0) is 0 Å². The van der Waals surface area contributed by atoms with Crippen molar-refractivity contribution >= 4 is 11.5 Å². The molecule has 0 aliphatic carbocycles. The highest BCUT2D eigenvalue weighted by molar-refractivity contribution is 5.82. The van der Waals surface area contributed by atoms with Gasteiger partial charge in [-0.15, -0.1) is 0 Å². The lowest BCUT2D eigenvalue weighted by Crippen LogP contribution is -2.32. The van der Waals surface area contributed by atoms with E-state index in [0.29, 0.717) is 6.42 Å². The minimum atomic E-state index is -0.473. The van der Waals surface area contributed by atoms with E-state index in [9.17, 15) is 10.1 Å². The summed E-state index contributed by atoms with van der Waals surface area (Å²) in [6, 6.07) is 4.83. The Hall–Kier alpha value is -2.11. The van der Waals surface area contributed by atoms with Gasteiger partial charge in [0.05, 0.1) is 17.4 Å². The van der Waals surface area contributed by atoms with Gasteiger partial charge in [-0.25, -0.2) is 0 Å². The zero-order chi connectivity index (χ0) is 14.6.